The number of hydrogen-bond donors (Lipinski definition) is 1. The third-order valence-corrected chi connectivity index (χ3v) is 6.08. The van der Waals surface area contributed by atoms with Crippen LogP contribution in [0.15, 0.2) is 89.9 Å². The lowest BCUT2D eigenvalue weighted by atomic mass is 9.97. The van der Waals surface area contributed by atoms with Crippen molar-refractivity contribution in [3.63, 3.8) is 0 Å². The van der Waals surface area contributed by atoms with E-state index in [0.717, 1.165) is 41.6 Å². The number of fused-ring (bicyclic) bond motifs is 1. The number of ether oxygens (including phenoxy) is 1. The van der Waals surface area contributed by atoms with Crippen molar-refractivity contribution >= 4 is 23.2 Å². The van der Waals surface area contributed by atoms with Crippen LogP contribution in [-0.2, 0) is 16.1 Å². The summed E-state index contributed by atoms with van der Waals surface area (Å²) >= 11 is 0. The molecule has 1 N–H and O–H groups in total. The molecule has 5 rings (SSSR count). The highest BCUT2D eigenvalue weighted by molar-refractivity contribution is 6.01. The third-order valence-electron chi connectivity index (χ3n) is 6.08. The summed E-state index contributed by atoms with van der Waals surface area (Å²) in [6.07, 6.45) is 0.335. The first-order chi connectivity index (χ1) is 16.3. The van der Waals surface area contributed by atoms with E-state index in [-0.39, 0.29) is 11.9 Å². The van der Waals surface area contributed by atoms with Gasteiger partial charge in [-0.2, -0.15) is 0 Å². The van der Waals surface area contributed by atoms with Crippen molar-refractivity contribution in [2.45, 2.75) is 19.0 Å². The molecule has 0 aromatic heterocycles. The second-order valence-electron chi connectivity index (χ2n) is 8.26. The van der Waals surface area contributed by atoms with Gasteiger partial charge in [-0.05, 0) is 23.8 Å². The molecule has 2 aliphatic heterocycles. The fraction of sp³-hybridized carbons (Fsp3) is 0.259. The van der Waals surface area contributed by atoms with Crippen LogP contribution in [0.5, 0.6) is 0 Å². The van der Waals surface area contributed by atoms with E-state index in [9.17, 15) is 4.79 Å². The zero-order chi connectivity index (χ0) is 22.5. The Bertz CT molecular complexity index is 1110. The molecule has 1 saturated heterocycles. The van der Waals surface area contributed by atoms with Gasteiger partial charge in [0, 0.05) is 30.9 Å². The van der Waals surface area contributed by atoms with Crippen LogP contribution in [-0.4, -0.2) is 43.1 Å². The van der Waals surface area contributed by atoms with Crippen molar-refractivity contribution in [1.29, 1.82) is 0 Å². The average Bonchev–Trinajstić information content (AvgIpc) is 2.89. The smallest absolute Gasteiger partial charge is 0.222 e. The molecule has 1 atom stereocenters. The standard InChI is InChI=1S/C27H28N4O2/c32-26(28-20-21-9-3-1-4-10-21)19-25-23-13-7-8-14-24(23)29-27(30-15-17-33-18-16-30)31(25)22-11-5-2-6-12-22/h1-14,25H,15-20H2,(H,28,32). The lowest BCUT2D eigenvalue weighted by Gasteiger charge is -2.43. The molecule has 3 aromatic carbocycles. The Balaban J connectivity index is 1.48. The van der Waals surface area contributed by atoms with E-state index in [4.69, 9.17) is 9.73 Å². The first kappa shape index (κ1) is 21.2. The molecule has 0 bridgehead atoms. The molecule has 2 heterocycles. The summed E-state index contributed by atoms with van der Waals surface area (Å²) in [7, 11) is 0. The van der Waals surface area contributed by atoms with Crippen molar-refractivity contribution in [2.24, 2.45) is 4.99 Å². The summed E-state index contributed by atoms with van der Waals surface area (Å²) in [5.74, 6) is 0.895. The molecule has 0 radical (unpaired) electrons. The lowest BCUT2D eigenvalue weighted by Crippen LogP contribution is -2.52. The van der Waals surface area contributed by atoms with Gasteiger partial charge in [0.05, 0.1) is 31.4 Å². The van der Waals surface area contributed by atoms with Crippen molar-refractivity contribution < 1.29 is 9.53 Å². The quantitative estimate of drug-likeness (QED) is 0.644. The van der Waals surface area contributed by atoms with Gasteiger partial charge < -0.3 is 19.9 Å². The summed E-state index contributed by atoms with van der Waals surface area (Å²) in [4.78, 5) is 22.7. The Morgan fingerprint density at radius 2 is 1.58 bits per heavy atom. The Morgan fingerprint density at radius 3 is 2.33 bits per heavy atom. The molecule has 1 fully saturated rings. The van der Waals surface area contributed by atoms with Gasteiger partial charge in [-0.25, -0.2) is 4.99 Å². The van der Waals surface area contributed by atoms with Crippen LogP contribution in [0.4, 0.5) is 11.4 Å². The number of anilines is 1. The second-order valence-corrected chi connectivity index (χ2v) is 8.26. The highest BCUT2D eigenvalue weighted by Gasteiger charge is 2.35. The minimum Gasteiger partial charge on any atom is -0.378 e. The van der Waals surface area contributed by atoms with E-state index in [1.54, 1.807) is 0 Å². The molecule has 0 saturated carbocycles. The van der Waals surface area contributed by atoms with Gasteiger partial charge >= 0.3 is 0 Å². The monoisotopic (exact) mass is 440 g/mol. The third kappa shape index (κ3) is 4.76. The topological polar surface area (TPSA) is 57.2 Å². The van der Waals surface area contributed by atoms with Crippen LogP contribution in [0.25, 0.3) is 0 Å². The minimum atomic E-state index is -0.158. The molecular formula is C27H28N4O2. The number of benzene rings is 3. The van der Waals surface area contributed by atoms with Gasteiger partial charge in [0.2, 0.25) is 11.9 Å². The van der Waals surface area contributed by atoms with Crippen LogP contribution in [0.1, 0.15) is 23.6 Å². The minimum absolute atomic E-state index is 0.0165. The molecule has 2 aliphatic rings. The van der Waals surface area contributed by atoms with Crippen molar-refractivity contribution in [1.82, 2.24) is 10.2 Å². The number of guanidine groups is 1. The van der Waals surface area contributed by atoms with E-state index in [2.05, 4.69) is 33.3 Å². The number of hydrogen-bond acceptors (Lipinski definition) is 5. The summed E-state index contributed by atoms with van der Waals surface area (Å²) in [5, 5.41) is 3.10. The van der Waals surface area contributed by atoms with Crippen LogP contribution in [0.3, 0.4) is 0 Å². The van der Waals surface area contributed by atoms with Gasteiger partial charge in [0.15, 0.2) is 0 Å². The average molecular weight is 441 g/mol. The lowest BCUT2D eigenvalue weighted by molar-refractivity contribution is -0.121. The normalized spacial score (nSPS) is 17.8. The number of carbonyl (C=O) groups excluding carboxylic acids is 1. The molecule has 6 nitrogen and oxygen atoms in total. The number of nitrogens with zero attached hydrogens (tertiary/aromatic N) is 3. The molecule has 6 heteroatoms. The van der Waals surface area contributed by atoms with Crippen molar-refractivity contribution in [3.8, 4) is 0 Å². The maximum Gasteiger partial charge on any atom is 0.222 e. The Labute approximate surface area is 194 Å². The maximum absolute atomic E-state index is 13.1. The van der Waals surface area contributed by atoms with E-state index in [1.807, 2.05) is 66.7 Å². The number of nitrogens with one attached hydrogen (secondary N) is 1. The predicted octanol–water partition coefficient (Wildman–Crippen LogP) is 4.27. The zero-order valence-corrected chi connectivity index (χ0v) is 18.6. The summed E-state index contributed by atoms with van der Waals surface area (Å²) in [6.45, 7) is 3.41. The van der Waals surface area contributed by atoms with E-state index >= 15 is 0 Å². The number of para-hydroxylation sites is 2. The molecule has 33 heavy (non-hydrogen) atoms. The van der Waals surface area contributed by atoms with Gasteiger partial charge in [-0.1, -0.05) is 66.7 Å². The van der Waals surface area contributed by atoms with Gasteiger partial charge in [-0.15, -0.1) is 0 Å². The number of rotatable bonds is 5. The van der Waals surface area contributed by atoms with Gasteiger partial charge in [0.1, 0.15) is 0 Å². The summed E-state index contributed by atoms with van der Waals surface area (Å²) in [6, 6.07) is 28.2. The molecule has 3 aromatic rings. The maximum atomic E-state index is 13.1. The van der Waals surface area contributed by atoms with E-state index < -0.39 is 0 Å². The highest BCUT2D eigenvalue weighted by atomic mass is 16.5. The zero-order valence-electron chi connectivity index (χ0n) is 18.6. The fourth-order valence-electron chi connectivity index (χ4n) is 4.43. The van der Waals surface area contributed by atoms with Gasteiger partial charge in [0.25, 0.3) is 0 Å². The molecule has 168 valence electrons. The first-order valence-electron chi connectivity index (χ1n) is 11.4. The number of amides is 1. The summed E-state index contributed by atoms with van der Waals surface area (Å²) < 4.78 is 5.59. The number of carbonyl (C=O) groups is 1. The molecule has 0 spiro atoms. The second kappa shape index (κ2) is 9.88. The molecule has 1 amide bonds. The predicted molar refractivity (Wildman–Crippen MR) is 130 cm³/mol. The Morgan fingerprint density at radius 1 is 0.909 bits per heavy atom. The van der Waals surface area contributed by atoms with E-state index in [1.165, 1.54) is 0 Å². The molecule has 1 unspecified atom stereocenters. The van der Waals surface area contributed by atoms with Crippen LogP contribution < -0.4 is 10.2 Å². The van der Waals surface area contributed by atoms with Crippen molar-refractivity contribution in [2.75, 3.05) is 31.2 Å². The Hall–Kier alpha value is -3.64. The first-order valence-corrected chi connectivity index (χ1v) is 11.4. The fourth-order valence-corrected chi connectivity index (χ4v) is 4.43. The van der Waals surface area contributed by atoms with Gasteiger partial charge in [-0.3, -0.25) is 4.79 Å². The highest BCUT2D eigenvalue weighted by Crippen LogP contribution is 2.40. The molecular weight excluding hydrogens is 412 g/mol. The van der Waals surface area contributed by atoms with Crippen LogP contribution >= 0.6 is 0 Å². The SMILES string of the molecule is O=C(CC1c2ccccc2N=C(N2CCOCC2)N1c1ccccc1)NCc1ccccc1. The molecule has 0 aliphatic carbocycles. The Kier molecular flexibility index (Phi) is 6.35. The van der Waals surface area contributed by atoms with Crippen LogP contribution in [0, 0.1) is 0 Å². The largest absolute Gasteiger partial charge is 0.378 e. The summed E-state index contributed by atoms with van der Waals surface area (Å²) in [5.41, 5.74) is 4.10. The van der Waals surface area contributed by atoms with Crippen LogP contribution in [0.2, 0.25) is 0 Å². The van der Waals surface area contributed by atoms with Crippen molar-refractivity contribution in [3.05, 3.63) is 96.1 Å². The number of morpholine rings is 1. The van der Waals surface area contributed by atoms with E-state index in [0.29, 0.717) is 26.2 Å². The number of aliphatic imine (C=N–C) groups is 1.